The maximum absolute atomic E-state index is 11.5. The van der Waals surface area contributed by atoms with Crippen LogP contribution in [0.15, 0.2) is 10.9 Å². The average molecular weight is 195 g/mol. The fourth-order valence-corrected chi connectivity index (χ4v) is 1.60. The van der Waals surface area contributed by atoms with Crippen molar-refractivity contribution in [3.05, 3.63) is 33.2 Å². The van der Waals surface area contributed by atoms with Gasteiger partial charge < -0.3 is 9.67 Å². The fraction of sp³-hybridized carbons (Fsp3) is 0.400. The van der Waals surface area contributed by atoms with E-state index in [1.54, 1.807) is 7.05 Å². The third kappa shape index (κ3) is 1.55. The van der Waals surface area contributed by atoms with Crippen LogP contribution in [0.25, 0.3) is 0 Å². The summed E-state index contributed by atoms with van der Waals surface area (Å²) in [5.41, 5.74) is 1.11. The van der Waals surface area contributed by atoms with Crippen LogP contribution in [-0.2, 0) is 13.5 Å². The summed E-state index contributed by atoms with van der Waals surface area (Å²) in [6.45, 7) is 3.74. The number of carboxylic acids is 1. The number of pyridine rings is 1. The van der Waals surface area contributed by atoms with Crippen LogP contribution in [0.2, 0.25) is 0 Å². The Morgan fingerprint density at radius 2 is 2.14 bits per heavy atom. The molecule has 0 bridgehead atoms. The molecule has 1 heterocycles. The van der Waals surface area contributed by atoms with Gasteiger partial charge in [0.15, 0.2) is 0 Å². The number of aryl methyl sites for hydroxylation is 1. The number of aromatic carboxylic acids is 1. The van der Waals surface area contributed by atoms with E-state index in [-0.39, 0.29) is 5.56 Å². The van der Waals surface area contributed by atoms with E-state index in [0.717, 1.165) is 17.7 Å². The monoisotopic (exact) mass is 195 g/mol. The van der Waals surface area contributed by atoms with Gasteiger partial charge in [-0.25, -0.2) is 4.79 Å². The Kier molecular flexibility index (Phi) is 2.74. The van der Waals surface area contributed by atoms with E-state index < -0.39 is 11.5 Å². The van der Waals surface area contributed by atoms with Gasteiger partial charge in [-0.2, -0.15) is 0 Å². The van der Waals surface area contributed by atoms with Gasteiger partial charge >= 0.3 is 5.97 Å². The molecule has 4 heteroatoms. The topological polar surface area (TPSA) is 59.3 Å². The molecule has 0 aromatic carbocycles. The van der Waals surface area contributed by atoms with Crippen LogP contribution in [0.3, 0.4) is 0 Å². The van der Waals surface area contributed by atoms with Gasteiger partial charge in [-0.05, 0) is 25.0 Å². The van der Waals surface area contributed by atoms with Crippen molar-refractivity contribution in [1.82, 2.24) is 4.57 Å². The van der Waals surface area contributed by atoms with E-state index in [1.807, 2.05) is 13.8 Å². The number of aromatic nitrogens is 1. The Balaban J connectivity index is 3.56. The van der Waals surface area contributed by atoms with E-state index in [9.17, 15) is 9.59 Å². The standard InChI is InChI=1S/C10H13NO3/c1-4-8-6(2)5-7(10(13)14)9(12)11(8)3/h5H,4H2,1-3H3,(H,13,14). The third-order valence-electron chi connectivity index (χ3n) is 2.32. The van der Waals surface area contributed by atoms with Crippen LogP contribution in [0, 0.1) is 6.92 Å². The Hall–Kier alpha value is -1.58. The average Bonchev–Trinajstić information content (AvgIpc) is 2.12. The lowest BCUT2D eigenvalue weighted by atomic mass is 10.1. The highest BCUT2D eigenvalue weighted by Gasteiger charge is 2.13. The summed E-state index contributed by atoms with van der Waals surface area (Å²) in [6.07, 6.45) is 0.720. The first-order chi connectivity index (χ1) is 6.49. The van der Waals surface area contributed by atoms with Gasteiger partial charge in [0, 0.05) is 12.7 Å². The number of nitrogens with zero attached hydrogens (tertiary/aromatic N) is 1. The SMILES string of the molecule is CCc1c(C)cc(C(=O)O)c(=O)n1C. The first-order valence-electron chi connectivity index (χ1n) is 4.41. The molecule has 14 heavy (non-hydrogen) atoms. The van der Waals surface area contributed by atoms with Crippen molar-refractivity contribution in [2.75, 3.05) is 0 Å². The van der Waals surface area contributed by atoms with Gasteiger partial charge in [-0.15, -0.1) is 0 Å². The van der Waals surface area contributed by atoms with Crippen molar-refractivity contribution in [3.63, 3.8) is 0 Å². The number of rotatable bonds is 2. The van der Waals surface area contributed by atoms with Crippen molar-refractivity contribution in [2.45, 2.75) is 20.3 Å². The number of hydrogen-bond acceptors (Lipinski definition) is 2. The van der Waals surface area contributed by atoms with Gasteiger partial charge in [-0.3, -0.25) is 4.79 Å². The maximum Gasteiger partial charge on any atom is 0.341 e. The van der Waals surface area contributed by atoms with E-state index in [4.69, 9.17) is 5.11 Å². The number of hydrogen-bond donors (Lipinski definition) is 1. The highest BCUT2D eigenvalue weighted by atomic mass is 16.4. The highest BCUT2D eigenvalue weighted by Crippen LogP contribution is 2.07. The van der Waals surface area contributed by atoms with Crippen molar-refractivity contribution in [2.24, 2.45) is 7.05 Å². The summed E-state index contributed by atoms with van der Waals surface area (Å²) in [6, 6.07) is 1.43. The van der Waals surface area contributed by atoms with Crippen molar-refractivity contribution in [1.29, 1.82) is 0 Å². The summed E-state index contributed by atoms with van der Waals surface area (Å²) < 4.78 is 1.40. The lowest BCUT2D eigenvalue weighted by Crippen LogP contribution is -2.27. The normalized spacial score (nSPS) is 10.2. The molecule has 0 saturated heterocycles. The molecule has 0 aliphatic rings. The van der Waals surface area contributed by atoms with Gasteiger partial charge in [0.25, 0.3) is 5.56 Å². The molecule has 76 valence electrons. The second kappa shape index (κ2) is 3.65. The second-order valence-electron chi connectivity index (χ2n) is 3.21. The van der Waals surface area contributed by atoms with Crippen LogP contribution in [0.5, 0.6) is 0 Å². The molecular weight excluding hydrogens is 182 g/mol. The zero-order valence-corrected chi connectivity index (χ0v) is 8.50. The van der Waals surface area contributed by atoms with Crippen molar-refractivity contribution < 1.29 is 9.90 Å². The predicted molar refractivity (Wildman–Crippen MR) is 52.8 cm³/mol. The second-order valence-corrected chi connectivity index (χ2v) is 3.21. The van der Waals surface area contributed by atoms with E-state index in [2.05, 4.69) is 0 Å². The number of carbonyl (C=O) groups is 1. The Bertz CT molecular complexity index is 432. The molecule has 0 aliphatic carbocycles. The lowest BCUT2D eigenvalue weighted by Gasteiger charge is -2.10. The summed E-state index contributed by atoms with van der Waals surface area (Å²) in [4.78, 5) is 22.2. The Labute approximate surface area is 81.8 Å². The van der Waals surface area contributed by atoms with E-state index in [0.29, 0.717) is 0 Å². The number of carboxylic acid groups (broad SMARTS) is 1. The van der Waals surface area contributed by atoms with Gasteiger partial charge in [0.2, 0.25) is 0 Å². The Morgan fingerprint density at radius 3 is 2.57 bits per heavy atom. The molecule has 4 nitrogen and oxygen atoms in total. The molecule has 0 radical (unpaired) electrons. The van der Waals surface area contributed by atoms with Crippen molar-refractivity contribution >= 4 is 5.97 Å². The molecule has 0 amide bonds. The molecule has 0 atom stereocenters. The molecule has 0 fully saturated rings. The lowest BCUT2D eigenvalue weighted by molar-refractivity contribution is 0.0694. The fourth-order valence-electron chi connectivity index (χ4n) is 1.60. The molecule has 0 saturated carbocycles. The third-order valence-corrected chi connectivity index (χ3v) is 2.32. The predicted octanol–water partition coefficient (Wildman–Crippen LogP) is 0.954. The molecule has 1 aromatic rings. The minimum absolute atomic E-state index is 0.165. The van der Waals surface area contributed by atoms with Gasteiger partial charge in [0.1, 0.15) is 5.56 Å². The summed E-state index contributed by atoms with van der Waals surface area (Å²) in [5, 5.41) is 8.76. The van der Waals surface area contributed by atoms with Gasteiger partial charge in [-0.1, -0.05) is 6.92 Å². The van der Waals surface area contributed by atoms with E-state index >= 15 is 0 Å². The molecule has 0 unspecified atom stereocenters. The first-order valence-corrected chi connectivity index (χ1v) is 4.41. The quantitative estimate of drug-likeness (QED) is 0.764. The molecule has 1 rings (SSSR count). The molecule has 1 aromatic heterocycles. The summed E-state index contributed by atoms with van der Waals surface area (Å²) in [5.74, 6) is -1.17. The maximum atomic E-state index is 11.5. The smallest absolute Gasteiger partial charge is 0.341 e. The first kappa shape index (κ1) is 10.5. The molecule has 0 aliphatic heterocycles. The van der Waals surface area contributed by atoms with Gasteiger partial charge in [0.05, 0.1) is 0 Å². The molecular formula is C10H13NO3. The minimum Gasteiger partial charge on any atom is -0.477 e. The van der Waals surface area contributed by atoms with Crippen molar-refractivity contribution in [3.8, 4) is 0 Å². The summed E-state index contributed by atoms with van der Waals surface area (Å²) in [7, 11) is 1.60. The van der Waals surface area contributed by atoms with Crippen LogP contribution >= 0.6 is 0 Å². The minimum atomic E-state index is -1.17. The Morgan fingerprint density at radius 1 is 1.57 bits per heavy atom. The molecule has 0 spiro atoms. The highest BCUT2D eigenvalue weighted by molar-refractivity contribution is 5.87. The summed E-state index contributed by atoms with van der Waals surface area (Å²) >= 11 is 0. The zero-order valence-electron chi connectivity index (χ0n) is 8.50. The zero-order chi connectivity index (χ0) is 10.9. The van der Waals surface area contributed by atoms with Crippen LogP contribution in [-0.4, -0.2) is 15.6 Å². The van der Waals surface area contributed by atoms with Crippen LogP contribution < -0.4 is 5.56 Å². The van der Waals surface area contributed by atoms with Crippen LogP contribution in [0.1, 0.15) is 28.5 Å². The van der Waals surface area contributed by atoms with E-state index in [1.165, 1.54) is 10.6 Å². The largest absolute Gasteiger partial charge is 0.477 e. The molecule has 1 N–H and O–H groups in total. The van der Waals surface area contributed by atoms with Crippen LogP contribution in [0.4, 0.5) is 0 Å².